The Morgan fingerprint density at radius 3 is 2.70 bits per heavy atom. The first-order chi connectivity index (χ1) is 18.2. The van der Waals surface area contributed by atoms with E-state index < -0.39 is 6.23 Å². The highest BCUT2D eigenvalue weighted by atomic mass is 16.3. The zero-order chi connectivity index (χ0) is 25.2. The molecule has 6 aromatic rings. The average molecular weight is 491 g/mol. The van der Waals surface area contributed by atoms with Gasteiger partial charge < -0.3 is 15.4 Å². The topological polar surface area (TPSA) is 128 Å². The lowest BCUT2D eigenvalue weighted by molar-refractivity contribution is 0.190. The van der Waals surface area contributed by atoms with E-state index >= 15 is 0 Å². The predicted octanol–water partition coefficient (Wildman–Crippen LogP) is 5.55. The first-order valence-corrected chi connectivity index (χ1v) is 12.3. The number of nitrogens with zero attached hydrogens (tertiary/aromatic N) is 5. The van der Waals surface area contributed by atoms with E-state index in [1.165, 1.54) is 0 Å². The molecule has 9 heteroatoms. The van der Waals surface area contributed by atoms with Crippen molar-refractivity contribution in [1.82, 2.24) is 35.1 Å². The molecule has 0 bridgehead atoms. The van der Waals surface area contributed by atoms with Gasteiger partial charge in [-0.05, 0) is 49.2 Å². The van der Waals surface area contributed by atoms with Crippen molar-refractivity contribution in [3.63, 3.8) is 0 Å². The van der Waals surface area contributed by atoms with Gasteiger partial charge in [0.15, 0.2) is 5.65 Å². The molecule has 0 spiro atoms. The van der Waals surface area contributed by atoms with Crippen molar-refractivity contribution in [3.05, 3.63) is 73.4 Å². The Morgan fingerprint density at radius 1 is 0.919 bits per heavy atom. The van der Waals surface area contributed by atoms with Crippen LogP contribution in [0.3, 0.4) is 0 Å². The number of aliphatic hydroxyl groups excluding tert-OH is 1. The first kappa shape index (κ1) is 22.8. The van der Waals surface area contributed by atoms with E-state index in [0.29, 0.717) is 12.1 Å². The van der Waals surface area contributed by atoms with Crippen LogP contribution in [0.5, 0.6) is 0 Å². The van der Waals surface area contributed by atoms with Crippen LogP contribution in [-0.4, -0.2) is 46.5 Å². The molecule has 0 aromatic carbocycles. The van der Waals surface area contributed by atoms with Crippen LogP contribution in [-0.2, 0) is 0 Å². The van der Waals surface area contributed by atoms with Gasteiger partial charge >= 0.3 is 0 Å². The van der Waals surface area contributed by atoms with Crippen LogP contribution in [0.4, 0.5) is 5.69 Å². The number of nitrogens with one attached hydrogen (secondary N) is 3. The third kappa shape index (κ3) is 4.52. The molecular formula is C28H26N8O. The lowest BCUT2D eigenvalue weighted by Gasteiger charge is -2.14. The standard InChI is InChI=1S/C28H26N8O/c1-2-3-7-25(37)33-19-11-17(14-29-16-19)18-12-21-27(35-36-28(21)32-15-18)24-13-20-22(34-24)8-10-31-26(20)23-6-4-5-9-30-23/h4-6,8-16,25,33-34,37H,2-3,7H2,1H3,(H,32,35,36). The lowest BCUT2D eigenvalue weighted by atomic mass is 10.1. The van der Waals surface area contributed by atoms with Gasteiger partial charge in [0.25, 0.3) is 0 Å². The molecule has 1 atom stereocenters. The van der Waals surface area contributed by atoms with Crippen LogP contribution in [0, 0.1) is 0 Å². The normalized spacial score (nSPS) is 12.3. The average Bonchev–Trinajstić information content (AvgIpc) is 3.56. The fraction of sp³-hybridized carbons (Fsp3) is 0.179. The predicted molar refractivity (Wildman–Crippen MR) is 145 cm³/mol. The van der Waals surface area contributed by atoms with Crippen molar-refractivity contribution < 1.29 is 5.11 Å². The van der Waals surface area contributed by atoms with Gasteiger partial charge in [-0.15, -0.1) is 0 Å². The summed E-state index contributed by atoms with van der Waals surface area (Å²) in [5, 5.41) is 22.8. The second-order valence-electron chi connectivity index (χ2n) is 8.98. The monoisotopic (exact) mass is 490 g/mol. The molecule has 37 heavy (non-hydrogen) atoms. The number of pyridine rings is 4. The fourth-order valence-electron chi connectivity index (χ4n) is 4.49. The molecule has 6 aromatic heterocycles. The Bertz CT molecular complexity index is 1670. The molecular weight excluding hydrogens is 464 g/mol. The summed E-state index contributed by atoms with van der Waals surface area (Å²) in [6.07, 6.45) is 10.9. The first-order valence-electron chi connectivity index (χ1n) is 12.3. The second-order valence-corrected chi connectivity index (χ2v) is 8.98. The Labute approximate surface area is 213 Å². The van der Waals surface area contributed by atoms with Gasteiger partial charge in [0.05, 0.1) is 29.0 Å². The van der Waals surface area contributed by atoms with Crippen LogP contribution >= 0.6 is 0 Å². The van der Waals surface area contributed by atoms with E-state index in [0.717, 1.165) is 68.7 Å². The van der Waals surface area contributed by atoms with Gasteiger partial charge in [-0.3, -0.25) is 20.1 Å². The number of aromatic nitrogens is 7. The number of aliphatic hydroxyl groups is 1. The Hall–Kier alpha value is -4.63. The number of fused-ring (bicyclic) bond motifs is 2. The van der Waals surface area contributed by atoms with E-state index in [4.69, 9.17) is 0 Å². The summed E-state index contributed by atoms with van der Waals surface area (Å²) in [4.78, 5) is 21.5. The molecule has 1 unspecified atom stereocenters. The van der Waals surface area contributed by atoms with Crippen molar-refractivity contribution in [3.8, 4) is 33.9 Å². The number of unbranched alkanes of at least 4 members (excludes halogenated alkanes) is 1. The number of hydrogen-bond donors (Lipinski definition) is 4. The number of rotatable bonds is 8. The van der Waals surface area contributed by atoms with Gasteiger partial charge in [0.2, 0.25) is 0 Å². The molecule has 0 amide bonds. The van der Waals surface area contributed by atoms with E-state index in [2.05, 4.69) is 59.5 Å². The van der Waals surface area contributed by atoms with E-state index in [9.17, 15) is 5.11 Å². The summed E-state index contributed by atoms with van der Waals surface area (Å²) in [7, 11) is 0. The zero-order valence-electron chi connectivity index (χ0n) is 20.3. The maximum Gasteiger partial charge on any atom is 0.155 e. The minimum atomic E-state index is -0.606. The summed E-state index contributed by atoms with van der Waals surface area (Å²) < 4.78 is 0. The van der Waals surface area contributed by atoms with E-state index in [-0.39, 0.29) is 0 Å². The van der Waals surface area contributed by atoms with Gasteiger partial charge in [0.1, 0.15) is 11.9 Å². The van der Waals surface area contributed by atoms with Crippen LogP contribution in [0.1, 0.15) is 26.2 Å². The molecule has 0 radical (unpaired) electrons. The van der Waals surface area contributed by atoms with Crippen molar-refractivity contribution in [2.75, 3.05) is 5.32 Å². The lowest BCUT2D eigenvalue weighted by Crippen LogP contribution is -2.18. The molecule has 0 fully saturated rings. The number of aromatic amines is 2. The maximum absolute atomic E-state index is 10.2. The van der Waals surface area contributed by atoms with Gasteiger partial charge in [-0.25, -0.2) is 4.98 Å². The van der Waals surface area contributed by atoms with Crippen LogP contribution in [0.15, 0.2) is 73.4 Å². The highest BCUT2D eigenvalue weighted by molar-refractivity contribution is 5.99. The molecule has 184 valence electrons. The fourth-order valence-corrected chi connectivity index (χ4v) is 4.49. The molecule has 0 aliphatic carbocycles. The van der Waals surface area contributed by atoms with Crippen LogP contribution in [0.2, 0.25) is 0 Å². The Kier molecular flexibility index (Phi) is 6.03. The molecule has 0 aliphatic rings. The minimum absolute atomic E-state index is 0.606. The summed E-state index contributed by atoms with van der Waals surface area (Å²) in [6, 6.07) is 13.8. The molecule has 4 N–H and O–H groups in total. The summed E-state index contributed by atoms with van der Waals surface area (Å²) in [6.45, 7) is 2.11. The molecule has 0 aliphatic heterocycles. The van der Waals surface area contributed by atoms with E-state index in [1.807, 2.05) is 30.3 Å². The molecule has 0 saturated heterocycles. The highest BCUT2D eigenvalue weighted by Crippen LogP contribution is 2.33. The molecule has 6 heterocycles. The minimum Gasteiger partial charge on any atom is -0.374 e. The van der Waals surface area contributed by atoms with Crippen molar-refractivity contribution in [2.45, 2.75) is 32.4 Å². The Morgan fingerprint density at radius 2 is 1.84 bits per heavy atom. The summed E-state index contributed by atoms with van der Waals surface area (Å²) >= 11 is 0. The molecule has 6 rings (SSSR count). The third-order valence-electron chi connectivity index (χ3n) is 6.36. The quantitative estimate of drug-likeness (QED) is 0.206. The number of anilines is 1. The molecule has 9 nitrogen and oxygen atoms in total. The zero-order valence-corrected chi connectivity index (χ0v) is 20.3. The number of H-pyrrole nitrogens is 2. The summed E-state index contributed by atoms with van der Waals surface area (Å²) in [5.74, 6) is 0. The third-order valence-corrected chi connectivity index (χ3v) is 6.36. The highest BCUT2D eigenvalue weighted by Gasteiger charge is 2.16. The number of hydrogen-bond acceptors (Lipinski definition) is 7. The SMILES string of the molecule is CCCCC(O)Nc1cncc(-c2cnc3[nH]nc(-c4cc5c(-c6ccccn6)nccc5[nH]4)c3c2)c1. The van der Waals surface area contributed by atoms with E-state index in [1.54, 1.807) is 31.0 Å². The summed E-state index contributed by atoms with van der Waals surface area (Å²) in [5.41, 5.74) is 7.47. The van der Waals surface area contributed by atoms with Gasteiger partial charge in [0, 0.05) is 52.2 Å². The smallest absolute Gasteiger partial charge is 0.155 e. The molecule has 0 saturated carbocycles. The van der Waals surface area contributed by atoms with Crippen LogP contribution < -0.4 is 5.32 Å². The van der Waals surface area contributed by atoms with Crippen molar-refractivity contribution in [2.24, 2.45) is 0 Å². The van der Waals surface area contributed by atoms with Gasteiger partial charge in [-0.1, -0.05) is 19.4 Å². The van der Waals surface area contributed by atoms with Gasteiger partial charge in [-0.2, -0.15) is 5.10 Å². The maximum atomic E-state index is 10.2. The van der Waals surface area contributed by atoms with Crippen LogP contribution in [0.25, 0.3) is 55.8 Å². The largest absolute Gasteiger partial charge is 0.374 e. The Balaban J connectivity index is 1.37. The second kappa shape index (κ2) is 9.79. The van der Waals surface area contributed by atoms with Crippen molar-refractivity contribution in [1.29, 1.82) is 0 Å². The van der Waals surface area contributed by atoms with Crippen molar-refractivity contribution >= 4 is 27.6 Å².